The van der Waals surface area contributed by atoms with Gasteiger partial charge in [-0.3, -0.25) is 4.79 Å². The third-order valence-electron chi connectivity index (χ3n) is 2.26. The number of hydrogen-bond acceptors (Lipinski definition) is 4. The summed E-state index contributed by atoms with van der Waals surface area (Å²) in [5.74, 6) is -0.133. The molecule has 0 unspecified atom stereocenters. The van der Waals surface area contributed by atoms with E-state index in [0.29, 0.717) is 5.75 Å². The van der Waals surface area contributed by atoms with Crippen LogP contribution in [0, 0.1) is 5.41 Å². The molecule has 0 aliphatic carbocycles. The van der Waals surface area contributed by atoms with Gasteiger partial charge < -0.3 is 4.74 Å². The van der Waals surface area contributed by atoms with E-state index in [1.165, 1.54) is 19.2 Å². The van der Waals surface area contributed by atoms with Crippen LogP contribution in [0.3, 0.4) is 0 Å². The minimum atomic E-state index is -3.85. The van der Waals surface area contributed by atoms with Crippen molar-refractivity contribution in [1.29, 1.82) is 0 Å². The van der Waals surface area contributed by atoms with Gasteiger partial charge in [0.05, 0.1) is 12.0 Å². The van der Waals surface area contributed by atoms with Crippen molar-refractivity contribution in [3.8, 4) is 5.75 Å². The Morgan fingerprint density at radius 1 is 1.28 bits per heavy atom. The van der Waals surface area contributed by atoms with E-state index >= 15 is 0 Å². The molecule has 1 aromatic carbocycles. The van der Waals surface area contributed by atoms with Gasteiger partial charge in [0, 0.05) is 11.5 Å². The lowest BCUT2D eigenvalue weighted by molar-refractivity contribution is -0.126. The first-order valence-corrected chi connectivity index (χ1v) is 6.86. The summed E-state index contributed by atoms with van der Waals surface area (Å²) in [6.45, 7) is 4.93. The summed E-state index contributed by atoms with van der Waals surface area (Å²) in [5, 5.41) is 0. The van der Waals surface area contributed by atoms with E-state index in [0.717, 1.165) is 0 Å². The molecule has 5 nitrogen and oxygen atoms in total. The van der Waals surface area contributed by atoms with Crippen molar-refractivity contribution in [1.82, 2.24) is 4.72 Å². The minimum Gasteiger partial charge on any atom is -0.497 e. The zero-order valence-corrected chi connectivity index (χ0v) is 11.7. The van der Waals surface area contributed by atoms with Crippen LogP contribution in [-0.2, 0) is 14.8 Å². The number of sulfonamides is 1. The van der Waals surface area contributed by atoms with Gasteiger partial charge in [-0.05, 0) is 12.1 Å². The molecule has 1 rings (SSSR count). The van der Waals surface area contributed by atoms with E-state index in [9.17, 15) is 13.2 Å². The predicted octanol–water partition coefficient (Wildman–Crippen LogP) is 1.55. The molecule has 0 aliphatic rings. The second-order valence-corrected chi connectivity index (χ2v) is 6.55. The van der Waals surface area contributed by atoms with E-state index in [2.05, 4.69) is 0 Å². The molecule has 0 fully saturated rings. The molecule has 1 aromatic rings. The van der Waals surface area contributed by atoms with Gasteiger partial charge in [0.15, 0.2) is 0 Å². The maximum atomic E-state index is 12.0. The van der Waals surface area contributed by atoms with Gasteiger partial charge in [-0.15, -0.1) is 0 Å². The van der Waals surface area contributed by atoms with Crippen LogP contribution < -0.4 is 9.46 Å². The normalized spacial score (nSPS) is 12.0. The molecule has 0 saturated heterocycles. The number of rotatable bonds is 3. The molecule has 0 heterocycles. The van der Waals surface area contributed by atoms with Gasteiger partial charge in [-0.25, -0.2) is 13.1 Å². The Morgan fingerprint density at radius 2 is 1.89 bits per heavy atom. The van der Waals surface area contributed by atoms with Gasteiger partial charge in [-0.1, -0.05) is 26.8 Å². The van der Waals surface area contributed by atoms with Gasteiger partial charge in [0.1, 0.15) is 5.75 Å². The van der Waals surface area contributed by atoms with Crippen molar-refractivity contribution in [3.05, 3.63) is 24.3 Å². The maximum Gasteiger partial charge on any atom is 0.264 e. The average Bonchev–Trinajstić information content (AvgIpc) is 2.27. The highest BCUT2D eigenvalue weighted by Crippen LogP contribution is 2.19. The minimum absolute atomic E-state index is 0.000509. The van der Waals surface area contributed by atoms with Crippen molar-refractivity contribution in [2.45, 2.75) is 25.7 Å². The second kappa shape index (κ2) is 4.97. The predicted molar refractivity (Wildman–Crippen MR) is 67.8 cm³/mol. The average molecular weight is 271 g/mol. The SMILES string of the molecule is COc1cccc(S(=O)(=O)NC(=O)C(C)(C)C)c1. The van der Waals surface area contributed by atoms with Crippen molar-refractivity contribution in [2.75, 3.05) is 7.11 Å². The van der Waals surface area contributed by atoms with Gasteiger partial charge in [0.25, 0.3) is 10.0 Å². The Kier molecular flexibility index (Phi) is 4.01. The first-order chi connectivity index (χ1) is 8.16. The molecule has 0 radical (unpaired) electrons. The van der Waals surface area contributed by atoms with Crippen LogP contribution in [0.25, 0.3) is 0 Å². The Labute approximate surface area is 107 Å². The summed E-state index contributed by atoms with van der Waals surface area (Å²) in [6, 6.07) is 5.94. The molecular formula is C12H17NO4S. The Balaban J connectivity index is 3.04. The van der Waals surface area contributed by atoms with Crippen LogP contribution >= 0.6 is 0 Å². The van der Waals surface area contributed by atoms with Crippen LogP contribution in [0.4, 0.5) is 0 Å². The lowest BCUT2D eigenvalue weighted by Crippen LogP contribution is -2.38. The first-order valence-electron chi connectivity index (χ1n) is 5.38. The fraction of sp³-hybridized carbons (Fsp3) is 0.417. The number of amides is 1. The Morgan fingerprint density at radius 3 is 2.39 bits per heavy atom. The third kappa shape index (κ3) is 3.46. The molecule has 1 amide bonds. The van der Waals surface area contributed by atoms with E-state index in [1.54, 1.807) is 32.9 Å². The smallest absolute Gasteiger partial charge is 0.264 e. The highest BCUT2D eigenvalue weighted by molar-refractivity contribution is 7.90. The number of benzene rings is 1. The summed E-state index contributed by atoms with van der Waals surface area (Å²) < 4.78 is 30.9. The molecule has 0 saturated carbocycles. The molecule has 0 atom stereocenters. The molecule has 100 valence electrons. The standard InChI is InChI=1S/C12H17NO4S/c1-12(2,3)11(14)13-18(15,16)10-7-5-6-9(8-10)17-4/h5-8H,1-4H3,(H,13,14). The second-order valence-electron chi connectivity index (χ2n) is 4.86. The molecule has 18 heavy (non-hydrogen) atoms. The molecule has 0 aliphatic heterocycles. The molecule has 1 N–H and O–H groups in total. The van der Waals surface area contributed by atoms with Crippen LogP contribution in [0.2, 0.25) is 0 Å². The quantitative estimate of drug-likeness (QED) is 0.905. The summed E-state index contributed by atoms with van der Waals surface area (Å²) in [5.41, 5.74) is -0.772. The highest BCUT2D eigenvalue weighted by Gasteiger charge is 2.27. The zero-order valence-electron chi connectivity index (χ0n) is 10.9. The van der Waals surface area contributed by atoms with Gasteiger partial charge in [-0.2, -0.15) is 0 Å². The molecule has 6 heteroatoms. The number of methoxy groups -OCH3 is 1. The Bertz CT molecular complexity index is 543. The van der Waals surface area contributed by atoms with E-state index in [4.69, 9.17) is 4.74 Å². The van der Waals surface area contributed by atoms with Crippen LogP contribution in [0.15, 0.2) is 29.2 Å². The number of carbonyl (C=O) groups excluding carboxylic acids is 1. The van der Waals surface area contributed by atoms with Crippen LogP contribution in [0.5, 0.6) is 5.75 Å². The lowest BCUT2D eigenvalue weighted by atomic mass is 9.96. The zero-order chi connectivity index (χ0) is 14.0. The summed E-state index contributed by atoms with van der Waals surface area (Å²) in [6.07, 6.45) is 0. The van der Waals surface area contributed by atoms with Gasteiger partial charge in [0.2, 0.25) is 5.91 Å². The number of carbonyl (C=O) groups is 1. The monoisotopic (exact) mass is 271 g/mol. The fourth-order valence-corrected chi connectivity index (χ4v) is 2.30. The van der Waals surface area contributed by atoms with Crippen molar-refractivity contribution >= 4 is 15.9 Å². The van der Waals surface area contributed by atoms with Crippen molar-refractivity contribution in [3.63, 3.8) is 0 Å². The molecule has 0 bridgehead atoms. The summed E-state index contributed by atoms with van der Waals surface area (Å²) in [4.78, 5) is 11.7. The summed E-state index contributed by atoms with van der Waals surface area (Å²) in [7, 11) is -2.41. The van der Waals surface area contributed by atoms with Crippen molar-refractivity contribution in [2.24, 2.45) is 5.41 Å². The first kappa shape index (κ1) is 14.5. The van der Waals surface area contributed by atoms with Crippen molar-refractivity contribution < 1.29 is 17.9 Å². The highest BCUT2D eigenvalue weighted by atomic mass is 32.2. The largest absolute Gasteiger partial charge is 0.497 e. The molecule has 0 spiro atoms. The Hall–Kier alpha value is -1.56. The topological polar surface area (TPSA) is 72.5 Å². The maximum absolute atomic E-state index is 12.0. The number of nitrogens with one attached hydrogen (secondary N) is 1. The van der Waals surface area contributed by atoms with Gasteiger partial charge >= 0.3 is 0 Å². The van der Waals surface area contributed by atoms with E-state index in [1.807, 2.05) is 4.72 Å². The van der Waals surface area contributed by atoms with Crippen LogP contribution in [0.1, 0.15) is 20.8 Å². The van der Waals surface area contributed by atoms with E-state index in [-0.39, 0.29) is 4.90 Å². The third-order valence-corrected chi connectivity index (χ3v) is 3.59. The fourth-order valence-electron chi connectivity index (χ4n) is 1.10. The van der Waals surface area contributed by atoms with E-state index < -0.39 is 21.3 Å². The number of hydrogen-bond donors (Lipinski definition) is 1. The van der Waals surface area contributed by atoms with Crippen LogP contribution in [-0.4, -0.2) is 21.4 Å². The molecular weight excluding hydrogens is 254 g/mol. The molecule has 0 aromatic heterocycles. The number of ether oxygens (including phenoxy) is 1. The lowest BCUT2D eigenvalue weighted by Gasteiger charge is -2.17. The summed E-state index contributed by atoms with van der Waals surface area (Å²) >= 11 is 0.